The van der Waals surface area contributed by atoms with Gasteiger partial charge in [-0.2, -0.15) is 5.10 Å². The maximum Gasteiger partial charge on any atom is 0.0672 e. The SMILES string of the molecule is CC(C)COCCN[C@H]1CCCC[C@@H]1n1cccn1. The molecule has 0 aliphatic heterocycles. The summed E-state index contributed by atoms with van der Waals surface area (Å²) in [6.45, 7) is 6.97. The molecule has 0 spiro atoms. The van der Waals surface area contributed by atoms with Crippen molar-refractivity contribution in [2.45, 2.75) is 51.6 Å². The molecule has 1 N–H and O–H groups in total. The van der Waals surface area contributed by atoms with Gasteiger partial charge in [-0.3, -0.25) is 4.68 Å². The highest BCUT2D eigenvalue weighted by atomic mass is 16.5. The summed E-state index contributed by atoms with van der Waals surface area (Å²) < 4.78 is 7.74. The van der Waals surface area contributed by atoms with Gasteiger partial charge >= 0.3 is 0 Å². The van der Waals surface area contributed by atoms with Gasteiger partial charge in [0.1, 0.15) is 0 Å². The van der Waals surface area contributed by atoms with Crippen LogP contribution in [0.25, 0.3) is 0 Å². The number of ether oxygens (including phenoxy) is 1. The molecule has 1 aliphatic rings. The van der Waals surface area contributed by atoms with Gasteiger partial charge < -0.3 is 10.1 Å². The average molecular weight is 265 g/mol. The van der Waals surface area contributed by atoms with Crippen molar-refractivity contribution in [1.82, 2.24) is 15.1 Å². The zero-order chi connectivity index (χ0) is 13.5. The van der Waals surface area contributed by atoms with E-state index in [0.717, 1.165) is 19.8 Å². The Kier molecular flexibility index (Phi) is 5.86. The van der Waals surface area contributed by atoms with Crippen LogP contribution in [0.15, 0.2) is 18.5 Å². The molecule has 0 saturated heterocycles. The highest BCUT2D eigenvalue weighted by Gasteiger charge is 2.26. The quantitative estimate of drug-likeness (QED) is 0.770. The van der Waals surface area contributed by atoms with Crippen molar-refractivity contribution in [1.29, 1.82) is 0 Å². The van der Waals surface area contributed by atoms with Crippen LogP contribution in [-0.4, -0.2) is 35.6 Å². The third-order valence-corrected chi connectivity index (χ3v) is 3.70. The Balaban J connectivity index is 1.74. The molecule has 1 aromatic heterocycles. The molecule has 0 unspecified atom stereocenters. The molecule has 0 radical (unpaired) electrons. The minimum absolute atomic E-state index is 0.508. The normalized spacial score (nSPS) is 23.9. The fourth-order valence-electron chi connectivity index (χ4n) is 2.78. The predicted molar refractivity (Wildman–Crippen MR) is 77.2 cm³/mol. The second kappa shape index (κ2) is 7.65. The molecular formula is C15H27N3O. The highest BCUT2D eigenvalue weighted by Crippen LogP contribution is 2.27. The van der Waals surface area contributed by atoms with Crippen molar-refractivity contribution < 1.29 is 4.74 Å². The molecule has 0 bridgehead atoms. The lowest BCUT2D eigenvalue weighted by Crippen LogP contribution is -2.41. The number of hydrogen-bond donors (Lipinski definition) is 1. The summed E-state index contributed by atoms with van der Waals surface area (Å²) in [6, 6.07) is 3.06. The van der Waals surface area contributed by atoms with Gasteiger partial charge in [0.05, 0.1) is 12.6 Å². The van der Waals surface area contributed by atoms with Gasteiger partial charge in [-0.1, -0.05) is 26.7 Å². The van der Waals surface area contributed by atoms with Gasteiger partial charge in [0.25, 0.3) is 0 Å². The van der Waals surface area contributed by atoms with Crippen LogP contribution in [0.3, 0.4) is 0 Å². The van der Waals surface area contributed by atoms with Crippen LogP contribution in [0.5, 0.6) is 0 Å². The van der Waals surface area contributed by atoms with Crippen molar-refractivity contribution in [3.05, 3.63) is 18.5 Å². The van der Waals surface area contributed by atoms with Crippen molar-refractivity contribution in [3.8, 4) is 0 Å². The third kappa shape index (κ3) is 4.62. The monoisotopic (exact) mass is 265 g/mol. The van der Waals surface area contributed by atoms with Crippen molar-refractivity contribution in [2.75, 3.05) is 19.8 Å². The van der Waals surface area contributed by atoms with Gasteiger partial charge in [0.2, 0.25) is 0 Å². The fourth-order valence-corrected chi connectivity index (χ4v) is 2.78. The number of hydrogen-bond acceptors (Lipinski definition) is 3. The first-order valence-corrected chi connectivity index (χ1v) is 7.57. The summed E-state index contributed by atoms with van der Waals surface area (Å²) in [4.78, 5) is 0. The van der Waals surface area contributed by atoms with E-state index >= 15 is 0 Å². The molecule has 4 heteroatoms. The minimum atomic E-state index is 0.508. The summed E-state index contributed by atoms with van der Waals surface area (Å²) in [7, 11) is 0. The van der Waals surface area contributed by atoms with Gasteiger partial charge in [-0.15, -0.1) is 0 Å². The number of nitrogens with one attached hydrogen (secondary N) is 1. The second-order valence-corrected chi connectivity index (χ2v) is 5.87. The van der Waals surface area contributed by atoms with Crippen LogP contribution < -0.4 is 5.32 Å². The Hall–Kier alpha value is -0.870. The Morgan fingerprint density at radius 3 is 2.95 bits per heavy atom. The molecule has 2 atom stereocenters. The Morgan fingerprint density at radius 1 is 1.37 bits per heavy atom. The van der Waals surface area contributed by atoms with E-state index in [1.54, 1.807) is 0 Å². The molecule has 1 heterocycles. The fraction of sp³-hybridized carbons (Fsp3) is 0.800. The zero-order valence-electron chi connectivity index (χ0n) is 12.2. The first-order valence-electron chi connectivity index (χ1n) is 7.57. The maximum absolute atomic E-state index is 5.63. The Labute approximate surface area is 116 Å². The molecule has 0 amide bonds. The Morgan fingerprint density at radius 2 is 2.21 bits per heavy atom. The summed E-state index contributed by atoms with van der Waals surface area (Å²) >= 11 is 0. The van der Waals surface area contributed by atoms with Crippen LogP contribution >= 0.6 is 0 Å². The van der Waals surface area contributed by atoms with Crippen molar-refractivity contribution in [2.24, 2.45) is 5.92 Å². The van der Waals surface area contributed by atoms with Gasteiger partial charge in [-0.05, 0) is 24.8 Å². The molecule has 1 aromatic rings. The topological polar surface area (TPSA) is 39.1 Å². The predicted octanol–water partition coefficient (Wildman–Crippen LogP) is 2.63. The molecule has 108 valence electrons. The Bertz CT molecular complexity index is 337. The van der Waals surface area contributed by atoms with Gasteiger partial charge in [-0.25, -0.2) is 0 Å². The molecule has 19 heavy (non-hydrogen) atoms. The highest BCUT2D eigenvalue weighted by molar-refractivity contribution is 4.89. The second-order valence-electron chi connectivity index (χ2n) is 5.87. The molecule has 1 aliphatic carbocycles. The molecule has 4 nitrogen and oxygen atoms in total. The van der Waals surface area contributed by atoms with E-state index in [0.29, 0.717) is 18.0 Å². The summed E-state index contributed by atoms with van der Waals surface area (Å²) in [5.74, 6) is 0.617. The van der Waals surface area contributed by atoms with Gasteiger partial charge in [0.15, 0.2) is 0 Å². The first kappa shape index (κ1) is 14.5. The first-order chi connectivity index (χ1) is 9.27. The van der Waals surface area contributed by atoms with Crippen LogP contribution in [-0.2, 0) is 4.74 Å². The van der Waals surface area contributed by atoms with E-state index in [1.165, 1.54) is 25.7 Å². The minimum Gasteiger partial charge on any atom is -0.380 e. The summed E-state index contributed by atoms with van der Waals surface area (Å²) in [5.41, 5.74) is 0. The van der Waals surface area contributed by atoms with Crippen molar-refractivity contribution >= 4 is 0 Å². The molecule has 1 fully saturated rings. The summed E-state index contributed by atoms with van der Waals surface area (Å²) in [6.07, 6.45) is 9.06. The van der Waals surface area contributed by atoms with Crippen molar-refractivity contribution in [3.63, 3.8) is 0 Å². The van der Waals surface area contributed by atoms with E-state index in [4.69, 9.17) is 4.74 Å². The molecular weight excluding hydrogens is 238 g/mol. The van der Waals surface area contributed by atoms with Crippen LogP contribution in [0.4, 0.5) is 0 Å². The summed E-state index contributed by atoms with van der Waals surface area (Å²) in [5, 5.41) is 8.05. The third-order valence-electron chi connectivity index (χ3n) is 3.70. The lowest BCUT2D eigenvalue weighted by atomic mass is 9.90. The molecule has 0 aromatic carbocycles. The number of rotatable bonds is 7. The van der Waals surface area contributed by atoms with E-state index in [9.17, 15) is 0 Å². The van der Waals surface area contributed by atoms with E-state index in [-0.39, 0.29) is 0 Å². The average Bonchev–Trinajstić information content (AvgIpc) is 2.92. The number of nitrogens with zero attached hydrogens (tertiary/aromatic N) is 2. The molecule has 1 saturated carbocycles. The largest absolute Gasteiger partial charge is 0.380 e. The lowest BCUT2D eigenvalue weighted by molar-refractivity contribution is 0.106. The van der Waals surface area contributed by atoms with E-state index < -0.39 is 0 Å². The van der Waals surface area contributed by atoms with Crippen LogP contribution in [0.1, 0.15) is 45.6 Å². The zero-order valence-corrected chi connectivity index (χ0v) is 12.2. The van der Waals surface area contributed by atoms with E-state index in [1.807, 2.05) is 12.3 Å². The standard InChI is InChI=1S/C15H27N3O/c1-13(2)12-19-11-9-16-14-6-3-4-7-15(14)18-10-5-8-17-18/h5,8,10,13-16H,3-4,6-7,9,11-12H2,1-2H3/t14-,15-/m0/s1. The molecule has 2 rings (SSSR count). The van der Waals surface area contributed by atoms with Crippen LogP contribution in [0.2, 0.25) is 0 Å². The van der Waals surface area contributed by atoms with E-state index in [2.05, 4.69) is 35.1 Å². The van der Waals surface area contributed by atoms with Gasteiger partial charge in [0, 0.05) is 31.6 Å². The van der Waals surface area contributed by atoms with Crippen LogP contribution in [0, 0.1) is 5.92 Å². The smallest absolute Gasteiger partial charge is 0.0672 e. The number of aromatic nitrogens is 2. The maximum atomic E-state index is 5.63. The lowest BCUT2D eigenvalue weighted by Gasteiger charge is -2.32.